The molecular weight excluding hydrogens is 268 g/mol. The summed E-state index contributed by atoms with van der Waals surface area (Å²) < 4.78 is 1.49. The maximum Gasteiger partial charge on any atom is 0.360 e. The maximum absolute atomic E-state index is 12.2. The molecule has 104 valence electrons. The summed E-state index contributed by atoms with van der Waals surface area (Å²) in [4.78, 5) is 23.4. The molecule has 3 aromatic rings. The minimum atomic E-state index is -1.33. The molecule has 2 aromatic carbocycles. The van der Waals surface area contributed by atoms with Crippen molar-refractivity contribution in [1.82, 2.24) is 9.78 Å². The zero-order valence-corrected chi connectivity index (χ0v) is 11.3. The van der Waals surface area contributed by atoms with E-state index in [1.807, 2.05) is 31.2 Å². The number of aromatic nitrogens is 2. The number of nitrogens with zero attached hydrogens (tertiary/aromatic N) is 2. The van der Waals surface area contributed by atoms with Crippen LogP contribution in [-0.4, -0.2) is 20.9 Å². The van der Waals surface area contributed by atoms with Gasteiger partial charge >= 0.3 is 5.97 Å². The summed E-state index contributed by atoms with van der Waals surface area (Å²) in [6.07, 6.45) is 0. The Bertz CT molecular complexity index is 896. The highest BCUT2D eigenvalue weighted by atomic mass is 16.4. The van der Waals surface area contributed by atoms with Crippen molar-refractivity contribution in [3.8, 4) is 5.69 Å². The first kappa shape index (κ1) is 13.1. The largest absolute Gasteiger partial charge is 0.476 e. The number of aromatic carboxylic acids is 1. The Hall–Kier alpha value is -2.95. The van der Waals surface area contributed by atoms with Crippen molar-refractivity contribution in [3.05, 3.63) is 70.0 Å². The molecule has 0 spiro atoms. The number of para-hydroxylation sites is 1. The molecule has 1 N–H and O–H groups in total. The fraction of sp³-hybridized carbons (Fsp3) is 0.0625. The van der Waals surface area contributed by atoms with Gasteiger partial charge in [-0.3, -0.25) is 4.79 Å². The van der Waals surface area contributed by atoms with E-state index < -0.39 is 17.1 Å². The van der Waals surface area contributed by atoms with Crippen LogP contribution in [-0.2, 0) is 0 Å². The number of hydrogen-bond donors (Lipinski definition) is 1. The van der Waals surface area contributed by atoms with Gasteiger partial charge < -0.3 is 5.11 Å². The van der Waals surface area contributed by atoms with Crippen LogP contribution in [0.4, 0.5) is 0 Å². The van der Waals surface area contributed by atoms with E-state index in [9.17, 15) is 9.59 Å². The third kappa shape index (κ3) is 2.18. The molecule has 5 nitrogen and oxygen atoms in total. The van der Waals surface area contributed by atoms with E-state index in [2.05, 4.69) is 5.10 Å². The predicted octanol–water partition coefficient (Wildman–Crippen LogP) is 2.39. The Morgan fingerprint density at radius 1 is 1.10 bits per heavy atom. The van der Waals surface area contributed by atoms with Gasteiger partial charge in [0.15, 0.2) is 0 Å². The molecule has 0 bridgehead atoms. The van der Waals surface area contributed by atoms with E-state index in [4.69, 9.17) is 5.11 Å². The number of hydrogen-bond acceptors (Lipinski definition) is 3. The fourth-order valence-electron chi connectivity index (χ4n) is 2.20. The highest BCUT2D eigenvalue weighted by molar-refractivity contribution is 5.90. The Labute approximate surface area is 120 Å². The van der Waals surface area contributed by atoms with E-state index in [1.54, 1.807) is 24.3 Å². The first-order valence-corrected chi connectivity index (χ1v) is 6.40. The molecule has 1 heterocycles. The number of carbonyl (C=O) groups is 1. The number of carboxylic acids is 1. The summed E-state index contributed by atoms with van der Waals surface area (Å²) in [7, 11) is 0. The van der Waals surface area contributed by atoms with Gasteiger partial charge in [-0.1, -0.05) is 29.8 Å². The topological polar surface area (TPSA) is 72.2 Å². The molecule has 1 aromatic heterocycles. The lowest BCUT2D eigenvalue weighted by Gasteiger charge is -2.11. The van der Waals surface area contributed by atoms with Crippen molar-refractivity contribution < 1.29 is 9.90 Å². The lowest BCUT2D eigenvalue weighted by atomic mass is 10.2. The van der Waals surface area contributed by atoms with Crippen LogP contribution >= 0.6 is 0 Å². The quantitative estimate of drug-likeness (QED) is 0.782. The molecule has 21 heavy (non-hydrogen) atoms. The summed E-state index contributed by atoms with van der Waals surface area (Å²) in [6, 6.07) is 14.3. The molecule has 0 unspecified atom stereocenters. The molecule has 5 heteroatoms. The molecule has 0 aliphatic heterocycles. The highest BCUT2D eigenvalue weighted by Crippen LogP contribution is 2.16. The fourth-order valence-corrected chi connectivity index (χ4v) is 2.20. The van der Waals surface area contributed by atoms with Crippen LogP contribution < -0.4 is 5.43 Å². The van der Waals surface area contributed by atoms with E-state index in [1.165, 1.54) is 4.68 Å². The summed E-state index contributed by atoms with van der Waals surface area (Å²) in [5.74, 6) is -1.33. The van der Waals surface area contributed by atoms with Gasteiger partial charge in [-0.2, -0.15) is 5.10 Å². The molecule has 0 saturated heterocycles. The van der Waals surface area contributed by atoms with Gasteiger partial charge in [-0.05, 0) is 31.2 Å². The second-order valence-electron chi connectivity index (χ2n) is 4.75. The molecule has 0 fully saturated rings. The van der Waals surface area contributed by atoms with E-state index in [-0.39, 0.29) is 0 Å². The Morgan fingerprint density at radius 3 is 2.43 bits per heavy atom. The average Bonchev–Trinajstić information content (AvgIpc) is 2.49. The van der Waals surface area contributed by atoms with Crippen molar-refractivity contribution in [2.75, 3.05) is 0 Å². The minimum Gasteiger partial charge on any atom is -0.476 e. The van der Waals surface area contributed by atoms with Crippen molar-refractivity contribution in [2.24, 2.45) is 0 Å². The molecule has 0 amide bonds. The number of rotatable bonds is 2. The molecular formula is C16H12N2O3. The Kier molecular flexibility index (Phi) is 3.02. The number of fused-ring (bicyclic) bond motifs is 1. The summed E-state index contributed by atoms with van der Waals surface area (Å²) in [5.41, 5.74) is 1.33. The smallest absolute Gasteiger partial charge is 0.360 e. The average molecular weight is 280 g/mol. The summed E-state index contributed by atoms with van der Waals surface area (Å²) in [5, 5.41) is 13.5. The third-order valence-corrected chi connectivity index (χ3v) is 3.27. The van der Waals surface area contributed by atoms with Crippen LogP contribution in [0.2, 0.25) is 0 Å². The van der Waals surface area contributed by atoms with Crippen LogP contribution in [0.15, 0.2) is 53.3 Å². The first-order chi connectivity index (χ1) is 10.1. The van der Waals surface area contributed by atoms with Gasteiger partial charge in [-0.15, -0.1) is 0 Å². The van der Waals surface area contributed by atoms with Crippen molar-refractivity contribution in [1.29, 1.82) is 0 Å². The molecule has 0 saturated carbocycles. The van der Waals surface area contributed by atoms with Gasteiger partial charge in [-0.25, -0.2) is 9.48 Å². The van der Waals surface area contributed by atoms with Crippen molar-refractivity contribution >= 4 is 16.9 Å². The van der Waals surface area contributed by atoms with Crippen LogP contribution in [0.1, 0.15) is 16.1 Å². The monoisotopic (exact) mass is 280 g/mol. The molecule has 0 radical (unpaired) electrons. The Balaban J connectivity index is 2.41. The predicted molar refractivity (Wildman–Crippen MR) is 79.0 cm³/mol. The summed E-state index contributed by atoms with van der Waals surface area (Å²) in [6.45, 7) is 1.96. The van der Waals surface area contributed by atoms with E-state index in [0.717, 1.165) is 5.56 Å². The second-order valence-corrected chi connectivity index (χ2v) is 4.75. The Morgan fingerprint density at radius 2 is 1.76 bits per heavy atom. The highest BCUT2D eigenvalue weighted by Gasteiger charge is 2.16. The van der Waals surface area contributed by atoms with Gasteiger partial charge in [0, 0.05) is 0 Å². The molecule has 3 rings (SSSR count). The van der Waals surface area contributed by atoms with Crippen LogP contribution in [0, 0.1) is 6.92 Å². The number of carboxylic acid groups (broad SMARTS) is 1. The molecule has 0 atom stereocenters. The van der Waals surface area contributed by atoms with Crippen molar-refractivity contribution in [2.45, 2.75) is 6.92 Å². The van der Waals surface area contributed by atoms with E-state index >= 15 is 0 Å². The van der Waals surface area contributed by atoms with Gasteiger partial charge in [0.2, 0.25) is 11.1 Å². The lowest BCUT2D eigenvalue weighted by molar-refractivity contribution is 0.0687. The van der Waals surface area contributed by atoms with Crippen LogP contribution in [0.25, 0.3) is 16.6 Å². The zero-order chi connectivity index (χ0) is 15.0. The third-order valence-electron chi connectivity index (χ3n) is 3.27. The lowest BCUT2D eigenvalue weighted by Crippen LogP contribution is -2.22. The normalized spacial score (nSPS) is 10.7. The standard InChI is InChI=1S/C16H12N2O3/c1-10-6-8-11(9-7-10)18-13-5-3-2-4-12(13)15(19)14(17-18)16(20)21/h2-9H,1H3,(H,20,21). The zero-order valence-electron chi connectivity index (χ0n) is 11.3. The van der Waals surface area contributed by atoms with Crippen LogP contribution in [0.3, 0.4) is 0 Å². The van der Waals surface area contributed by atoms with Crippen LogP contribution in [0.5, 0.6) is 0 Å². The molecule has 0 aliphatic rings. The van der Waals surface area contributed by atoms with E-state index in [0.29, 0.717) is 16.6 Å². The minimum absolute atomic E-state index is 0.338. The van der Waals surface area contributed by atoms with Gasteiger partial charge in [0.05, 0.1) is 16.6 Å². The molecule has 0 aliphatic carbocycles. The maximum atomic E-state index is 12.2. The van der Waals surface area contributed by atoms with Gasteiger partial charge in [0.25, 0.3) is 0 Å². The first-order valence-electron chi connectivity index (χ1n) is 6.40. The summed E-state index contributed by atoms with van der Waals surface area (Å²) >= 11 is 0. The van der Waals surface area contributed by atoms with Gasteiger partial charge in [0.1, 0.15) is 0 Å². The number of aryl methyl sites for hydroxylation is 1. The SMILES string of the molecule is Cc1ccc(-n2nc(C(=O)O)c(=O)c3ccccc32)cc1. The number of benzene rings is 2. The second kappa shape index (κ2) is 4.86. The van der Waals surface area contributed by atoms with Crippen molar-refractivity contribution in [3.63, 3.8) is 0 Å².